The van der Waals surface area contributed by atoms with E-state index in [1.807, 2.05) is 43.8 Å². The second-order valence-electron chi connectivity index (χ2n) is 10.2. The predicted octanol–water partition coefficient (Wildman–Crippen LogP) is 9.30. The van der Waals surface area contributed by atoms with Crippen molar-refractivity contribution >= 4 is 36.5 Å². The largest absolute Gasteiger partial charge is 0.293 e. The Morgan fingerprint density at radius 1 is 0.525 bits per heavy atom. The van der Waals surface area contributed by atoms with Crippen LogP contribution in [0.25, 0.3) is 0 Å². The second kappa shape index (κ2) is 19.3. The minimum absolute atomic E-state index is 0.653. The average Bonchev–Trinajstić information content (AvgIpc) is 2.98. The molecule has 0 aliphatic carbocycles. The van der Waals surface area contributed by atoms with Crippen LogP contribution in [0.15, 0.2) is 86.7 Å². The molecule has 210 valence electrons. The number of aryl methyl sites for hydroxylation is 1. The first-order valence-electron chi connectivity index (χ1n) is 14.9. The van der Waals surface area contributed by atoms with E-state index in [-0.39, 0.29) is 0 Å². The second-order valence-corrected chi connectivity index (χ2v) is 10.2. The molecule has 0 aliphatic rings. The number of unbranched alkanes of at least 4 members (excludes halogenated alkanes) is 9. The van der Waals surface area contributed by atoms with Gasteiger partial charge < -0.3 is 0 Å². The van der Waals surface area contributed by atoms with Crippen LogP contribution in [-0.2, 0) is 0 Å². The third-order valence-corrected chi connectivity index (χ3v) is 6.65. The zero-order chi connectivity index (χ0) is 28.1. The van der Waals surface area contributed by atoms with Crippen LogP contribution in [0.4, 0.5) is 11.6 Å². The average molecular weight is 536 g/mol. The van der Waals surface area contributed by atoms with Crippen molar-refractivity contribution in [2.75, 3.05) is 13.1 Å². The molecule has 0 spiro atoms. The molecule has 0 atom stereocenters. The summed E-state index contributed by atoms with van der Waals surface area (Å²) < 4.78 is 0. The molecule has 0 aliphatic heterocycles. The first-order chi connectivity index (χ1) is 19.7. The monoisotopic (exact) mass is 535 g/mol. The summed E-state index contributed by atoms with van der Waals surface area (Å²) in [7, 11) is 0. The van der Waals surface area contributed by atoms with E-state index >= 15 is 0 Å². The highest BCUT2D eigenvalue weighted by atomic mass is 15.0. The van der Waals surface area contributed by atoms with E-state index in [1.54, 1.807) is 6.21 Å². The summed E-state index contributed by atoms with van der Waals surface area (Å²) in [5.41, 5.74) is 4.64. The first-order valence-corrected chi connectivity index (χ1v) is 14.9. The van der Waals surface area contributed by atoms with Gasteiger partial charge in [-0.2, -0.15) is 0 Å². The van der Waals surface area contributed by atoms with Gasteiger partial charge in [-0.25, -0.2) is 15.0 Å². The number of benzene rings is 2. The molecular formula is C35H45N5. The number of hydrogen-bond acceptors (Lipinski definition) is 5. The lowest BCUT2D eigenvalue weighted by molar-refractivity contribution is 0.555. The SMILES string of the molecule is C/C=N/c1cccc(/N=C/c2ccc(C=NCCCCCCCCCCCCN=Cc3ccc(C)cc3)cc2)n1. The maximum atomic E-state index is 4.61. The minimum atomic E-state index is 0.653. The Hall–Kier alpha value is -3.73. The molecule has 3 aromatic rings. The fourth-order valence-corrected chi connectivity index (χ4v) is 4.31. The molecule has 40 heavy (non-hydrogen) atoms. The lowest BCUT2D eigenvalue weighted by atomic mass is 10.1. The van der Waals surface area contributed by atoms with E-state index in [9.17, 15) is 0 Å². The predicted molar refractivity (Wildman–Crippen MR) is 174 cm³/mol. The number of aromatic nitrogens is 1. The Morgan fingerprint density at radius 3 is 1.45 bits per heavy atom. The van der Waals surface area contributed by atoms with Gasteiger partial charge in [0.1, 0.15) is 0 Å². The van der Waals surface area contributed by atoms with Gasteiger partial charge in [-0.1, -0.05) is 112 Å². The van der Waals surface area contributed by atoms with E-state index in [2.05, 4.69) is 80.4 Å². The molecule has 5 heteroatoms. The number of hydrogen-bond donors (Lipinski definition) is 0. The Balaban J connectivity index is 1.15. The molecule has 3 rings (SSSR count). The number of rotatable bonds is 18. The van der Waals surface area contributed by atoms with Gasteiger partial charge >= 0.3 is 0 Å². The zero-order valence-electron chi connectivity index (χ0n) is 24.4. The van der Waals surface area contributed by atoms with Crippen molar-refractivity contribution in [2.24, 2.45) is 20.0 Å². The standard InChI is InChI=1S/C35H45N5/c1-3-38-34-15-14-16-35(40-34)39-29-33-23-21-32(22-24-33)28-37-26-13-11-9-7-5-4-6-8-10-12-25-36-27-31-19-17-30(2)18-20-31/h3,14-24,27-29H,4-13,25-26H2,1-2H3/b36-27?,37-28?,38-3+,39-29+. The molecule has 1 aromatic heterocycles. The molecule has 5 nitrogen and oxygen atoms in total. The van der Waals surface area contributed by atoms with Gasteiger partial charge in [0.15, 0.2) is 11.6 Å². The highest BCUT2D eigenvalue weighted by molar-refractivity contribution is 5.85. The van der Waals surface area contributed by atoms with Gasteiger partial charge in [0.25, 0.3) is 0 Å². The van der Waals surface area contributed by atoms with Crippen molar-refractivity contribution in [3.05, 3.63) is 89.0 Å². The summed E-state index contributed by atoms with van der Waals surface area (Å²) in [5.74, 6) is 1.32. The molecule has 0 N–H and O–H groups in total. The molecule has 0 amide bonds. The summed E-state index contributed by atoms with van der Waals surface area (Å²) in [6.07, 6.45) is 20.5. The topological polar surface area (TPSA) is 62.3 Å². The van der Waals surface area contributed by atoms with Crippen LogP contribution in [0.1, 0.15) is 93.4 Å². The number of nitrogens with zero attached hydrogens (tertiary/aromatic N) is 5. The summed E-state index contributed by atoms with van der Waals surface area (Å²) in [6, 6.07) is 22.5. The van der Waals surface area contributed by atoms with Crippen LogP contribution < -0.4 is 0 Å². The van der Waals surface area contributed by atoms with Crippen LogP contribution >= 0.6 is 0 Å². The number of pyridine rings is 1. The van der Waals surface area contributed by atoms with Gasteiger partial charge in [0.2, 0.25) is 0 Å². The first kappa shape index (κ1) is 30.8. The molecule has 0 saturated carbocycles. The third kappa shape index (κ3) is 13.4. The lowest BCUT2D eigenvalue weighted by Gasteiger charge is -2.02. The summed E-state index contributed by atoms with van der Waals surface area (Å²) >= 11 is 0. The summed E-state index contributed by atoms with van der Waals surface area (Å²) in [6.45, 7) is 5.83. The van der Waals surface area contributed by atoms with Crippen LogP contribution in [-0.4, -0.2) is 42.9 Å². The summed E-state index contributed by atoms with van der Waals surface area (Å²) in [5, 5.41) is 0. The van der Waals surface area contributed by atoms with Crippen molar-refractivity contribution in [2.45, 2.75) is 78.1 Å². The minimum Gasteiger partial charge on any atom is -0.293 e. The fraction of sp³-hybridized carbons (Fsp3) is 0.400. The Labute approximate surface area is 241 Å². The van der Waals surface area contributed by atoms with E-state index in [4.69, 9.17) is 0 Å². The zero-order valence-corrected chi connectivity index (χ0v) is 24.4. The van der Waals surface area contributed by atoms with Gasteiger partial charge in [-0.15, -0.1) is 0 Å². The molecule has 0 bridgehead atoms. The van der Waals surface area contributed by atoms with Crippen molar-refractivity contribution in [3.8, 4) is 0 Å². The van der Waals surface area contributed by atoms with E-state index in [0.717, 1.165) is 24.2 Å². The van der Waals surface area contributed by atoms with Crippen LogP contribution in [0.2, 0.25) is 0 Å². The van der Waals surface area contributed by atoms with Crippen molar-refractivity contribution in [1.82, 2.24) is 4.98 Å². The maximum Gasteiger partial charge on any atom is 0.154 e. The van der Waals surface area contributed by atoms with Gasteiger partial charge in [0, 0.05) is 37.9 Å². The smallest absolute Gasteiger partial charge is 0.154 e. The molecule has 2 aromatic carbocycles. The Morgan fingerprint density at radius 2 is 0.950 bits per heavy atom. The highest BCUT2D eigenvalue weighted by Crippen LogP contribution is 2.15. The normalized spacial score (nSPS) is 12.1. The third-order valence-electron chi connectivity index (χ3n) is 6.65. The van der Waals surface area contributed by atoms with Crippen LogP contribution in [0.5, 0.6) is 0 Å². The van der Waals surface area contributed by atoms with Crippen LogP contribution in [0, 0.1) is 6.92 Å². The summed E-state index contributed by atoms with van der Waals surface area (Å²) in [4.78, 5) is 22.2. The van der Waals surface area contributed by atoms with Crippen molar-refractivity contribution in [1.29, 1.82) is 0 Å². The van der Waals surface area contributed by atoms with Gasteiger partial charge in [-0.05, 0) is 55.5 Å². The maximum absolute atomic E-state index is 4.61. The highest BCUT2D eigenvalue weighted by Gasteiger charge is 1.96. The quantitative estimate of drug-likeness (QED) is 0.118. The molecule has 0 saturated heterocycles. The number of aliphatic imine (C=N–C) groups is 4. The van der Waals surface area contributed by atoms with Crippen molar-refractivity contribution in [3.63, 3.8) is 0 Å². The van der Waals surface area contributed by atoms with E-state index in [0.29, 0.717) is 11.6 Å². The van der Waals surface area contributed by atoms with E-state index < -0.39 is 0 Å². The Kier molecular flexibility index (Phi) is 14.9. The van der Waals surface area contributed by atoms with E-state index in [1.165, 1.54) is 75.3 Å². The molecule has 0 radical (unpaired) electrons. The molecule has 0 unspecified atom stereocenters. The van der Waals surface area contributed by atoms with Crippen LogP contribution in [0.3, 0.4) is 0 Å². The van der Waals surface area contributed by atoms with Gasteiger partial charge in [-0.3, -0.25) is 9.98 Å². The lowest BCUT2D eigenvalue weighted by Crippen LogP contribution is -1.88. The fourth-order valence-electron chi connectivity index (χ4n) is 4.31. The Bertz CT molecular complexity index is 1210. The van der Waals surface area contributed by atoms with Crippen molar-refractivity contribution < 1.29 is 0 Å². The molecular weight excluding hydrogens is 490 g/mol. The van der Waals surface area contributed by atoms with Gasteiger partial charge in [0.05, 0.1) is 0 Å². The molecule has 1 heterocycles. The molecule has 0 fully saturated rings.